The third-order valence-corrected chi connectivity index (χ3v) is 8.34. The fourth-order valence-corrected chi connectivity index (χ4v) is 6.19. The molecule has 0 unspecified atom stereocenters. The molecular formula is C33H34F3N3O5. The number of methoxy groups -OCH3 is 2. The van der Waals surface area contributed by atoms with E-state index in [-0.39, 0.29) is 61.0 Å². The van der Waals surface area contributed by atoms with Crippen LogP contribution in [0.25, 0.3) is 0 Å². The standard InChI is InChI=1S/C33H34F3N3O5/c1-43-27-16-24(30(35)32(44-2)31(27)36)33(42)38-18-22-11-7-13-39(26(22)19-38)29(41)17-25(21-10-6-12-23(34)15-21)37-28(40)14-20-8-4-3-5-9-20/h3-6,8-10,12,15-16,22,25-26H,7,11,13-14,17-19H2,1-2H3,(H,37,40)/t22-,25+,26+/m1/s1. The Hall–Kier alpha value is -4.54. The Labute approximate surface area is 253 Å². The van der Waals surface area contributed by atoms with Crippen LogP contribution in [-0.2, 0) is 16.0 Å². The zero-order chi connectivity index (χ0) is 31.4. The number of benzene rings is 3. The van der Waals surface area contributed by atoms with E-state index in [1.165, 1.54) is 30.2 Å². The predicted molar refractivity (Wildman–Crippen MR) is 156 cm³/mol. The van der Waals surface area contributed by atoms with Crippen LogP contribution in [0.3, 0.4) is 0 Å². The van der Waals surface area contributed by atoms with E-state index in [0.717, 1.165) is 25.2 Å². The lowest BCUT2D eigenvalue weighted by Crippen LogP contribution is -2.49. The average molecular weight is 610 g/mol. The van der Waals surface area contributed by atoms with Crippen molar-refractivity contribution in [1.29, 1.82) is 0 Å². The molecule has 0 aromatic heterocycles. The lowest BCUT2D eigenvalue weighted by molar-refractivity contribution is -0.136. The highest BCUT2D eigenvalue weighted by Gasteiger charge is 2.43. The summed E-state index contributed by atoms with van der Waals surface area (Å²) >= 11 is 0. The van der Waals surface area contributed by atoms with Crippen LogP contribution in [0.4, 0.5) is 13.2 Å². The maximum atomic E-state index is 15.1. The number of nitrogens with zero attached hydrogens (tertiary/aromatic N) is 2. The van der Waals surface area contributed by atoms with Crippen LogP contribution in [0.15, 0.2) is 60.7 Å². The third-order valence-electron chi connectivity index (χ3n) is 8.34. The van der Waals surface area contributed by atoms with Crippen molar-refractivity contribution in [1.82, 2.24) is 15.1 Å². The summed E-state index contributed by atoms with van der Waals surface area (Å²) in [5.41, 5.74) is 0.881. The van der Waals surface area contributed by atoms with Gasteiger partial charge in [0.15, 0.2) is 17.3 Å². The summed E-state index contributed by atoms with van der Waals surface area (Å²) in [7, 11) is 2.31. The van der Waals surface area contributed by atoms with Gasteiger partial charge >= 0.3 is 0 Å². The van der Waals surface area contributed by atoms with E-state index >= 15 is 4.39 Å². The molecule has 3 aromatic carbocycles. The van der Waals surface area contributed by atoms with Gasteiger partial charge in [0.2, 0.25) is 17.6 Å². The molecule has 2 heterocycles. The largest absolute Gasteiger partial charge is 0.494 e. The topological polar surface area (TPSA) is 88.2 Å². The first kappa shape index (κ1) is 30.9. The fourth-order valence-electron chi connectivity index (χ4n) is 6.19. The number of piperidine rings is 1. The van der Waals surface area contributed by atoms with Gasteiger partial charge in [0, 0.05) is 19.6 Å². The summed E-state index contributed by atoms with van der Waals surface area (Å²) in [5.74, 6) is -4.95. The summed E-state index contributed by atoms with van der Waals surface area (Å²) < 4.78 is 53.6. The number of hydrogen-bond acceptors (Lipinski definition) is 5. The highest BCUT2D eigenvalue weighted by atomic mass is 19.1. The van der Waals surface area contributed by atoms with Gasteiger partial charge in [-0.05, 0) is 48.1 Å². The van der Waals surface area contributed by atoms with Crippen LogP contribution in [0.2, 0.25) is 0 Å². The molecule has 0 spiro atoms. The maximum absolute atomic E-state index is 15.1. The Kier molecular flexibility index (Phi) is 9.41. The fraction of sp³-hybridized carbons (Fsp3) is 0.364. The number of nitrogens with one attached hydrogen (secondary N) is 1. The molecule has 0 bridgehead atoms. The number of rotatable bonds is 9. The number of halogens is 3. The van der Waals surface area contributed by atoms with Crippen LogP contribution in [0, 0.1) is 23.4 Å². The number of carbonyl (C=O) groups excluding carboxylic acids is 3. The molecule has 11 heteroatoms. The molecule has 2 aliphatic heterocycles. The SMILES string of the molecule is COc1cc(C(=O)N2C[C@H]3CCCN(C(=O)C[C@H](NC(=O)Cc4ccccc4)c4cccc(F)c4)[C@H]3C2)c(F)c(OC)c1F. The minimum atomic E-state index is -1.12. The second kappa shape index (κ2) is 13.4. The number of ether oxygens (including phenoxy) is 2. The number of fused-ring (bicyclic) bond motifs is 1. The van der Waals surface area contributed by atoms with Gasteiger partial charge in [-0.2, -0.15) is 4.39 Å². The third kappa shape index (κ3) is 6.51. The van der Waals surface area contributed by atoms with Crippen molar-refractivity contribution in [2.45, 2.75) is 37.8 Å². The van der Waals surface area contributed by atoms with E-state index in [1.807, 2.05) is 30.3 Å². The molecule has 3 atom stereocenters. The number of hydrogen-bond donors (Lipinski definition) is 1. The summed E-state index contributed by atoms with van der Waals surface area (Å²) in [6.07, 6.45) is 1.45. The molecule has 0 radical (unpaired) electrons. The van der Waals surface area contributed by atoms with E-state index in [2.05, 4.69) is 5.32 Å². The molecule has 0 saturated carbocycles. The zero-order valence-electron chi connectivity index (χ0n) is 24.5. The smallest absolute Gasteiger partial charge is 0.257 e. The molecule has 2 aliphatic rings. The van der Waals surface area contributed by atoms with E-state index < -0.39 is 35.2 Å². The summed E-state index contributed by atoms with van der Waals surface area (Å²) in [6.45, 7) is 0.889. The first-order chi connectivity index (χ1) is 21.2. The van der Waals surface area contributed by atoms with Gasteiger partial charge in [-0.1, -0.05) is 42.5 Å². The minimum absolute atomic E-state index is 0.0516. The molecule has 3 aromatic rings. The summed E-state index contributed by atoms with van der Waals surface area (Å²) in [6, 6.07) is 14.9. The molecule has 8 nitrogen and oxygen atoms in total. The van der Waals surface area contributed by atoms with Crippen molar-refractivity contribution in [2.75, 3.05) is 33.9 Å². The summed E-state index contributed by atoms with van der Waals surface area (Å²) in [5, 5.41) is 2.91. The van der Waals surface area contributed by atoms with Crippen molar-refractivity contribution < 1.29 is 37.0 Å². The van der Waals surface area contributed by atoms with Crippen LogP contribution in [0.1, 0.15) is 46.8 Å². The number of amides is 3. The van der Waals surface area contributed by atoms with Crippen LogP contribution in [0.5, 0.6) is 11.5 Å². The Morgan fingerprint density at radius 1 is 0.955 bits per heavy atom. The Bertz CT molecular complexity index is 1540. The first-order valence-corrected chi connectivity index (χ1v) is 14.5. The van der Waals surface area contributed by atoms with Crippen LogP contribution >= 0.6 is 0 Å². The predicted octanol–water partition coefficient (Wildman–Crippen LogP) is 4.67. The molecule has 232 valence electrons. The quantitative estimate of drug-likeness (QED) is 0.381. The highest BCUT2D eigenvalue weighted by Crippen LogP contribution is 2.36. The second-order valence-electron chi connectivity index (χ2n) is 11.1. The number of carbonyl (C=O) groups is 3. The van der Waals surface area contributed by atoms with E-state index in [0.29, 0.717) is 18.5 Å². The molecular weight excluding hydrogens is 575 g/mol. The normalized spacial score (nSPS) is 18.4. The van der Waals surface area contributed by atoms with Crippen LogP contribution < -0.4 is 14.8 Å². The zero-order valence-corrected chi connectivity index (χ0v) is 24.5. The van der Waals surface area contributed by atoms with Gasteiger partial charge < -0.3 is 24.6 Å². The van der Waals surface area contributed by atoms with E-state index in [4.69, 9.17) is 9.47 Å². The molecule has 2 fully saturated rings. The van der Waals surface area contributed by atoms with Gasteiger partial charge in [-0.25, -0.2) is 8.78 Å². The molecule has 0 aliphatic carbocycles. The van der Waals surface area contributed by atoms with Crippen molar-refractivity contribution >= 4 is 17.7 Å². The summed E-state index contributed by atoms with van der Waals surface area (Å²) in [4.78, 5) is 43.4. The molecule has 5 rings (SSSR count). The van der Waals surface area contributed by atoms with Crippen LogP contribution in [-0.4, -0.2) is 67.4 Å². The highest BCUT2D eigenvalue weighted by molar-refractivity contribution is 5.96. The van der Waals surface area contributed by atoms with E-state index in [9.17, 15) is 23.2 Å². The van der Waals surface area contributed by atoms with Gasteiger partial charge in [-0.3, -0.25) is 14.4 Å². The van der Waals surface area contributed by atoms with E-state index in [1.54, 1.807) is 11.0 Å². The minimum Gasteiger partial charge on any atom is -0.494 e. The molecule has 44 heavy (non-hydrogen) atoms. The van der Waals surface area contributed by atoms with Gasteiger partial charge in [0.05, 0.1) is 44.7 Å². The van der Waals surface area contributed by atoms with Gasteiger partial charge in [0.1, 0.15) is 5.82 Å². The molecule has 2 saturated heterocycles. The second-order valence-corrected chi connectivity index (χ2v) is 11.1. The Morgan fingerprint density at radius 2 is 1.73 bits per heavy atom. The average Bonchev–Trinajstić information content (AvgIpc) is 3.46. The van der Waals surface area contributed by atoms with Crippen molar-refractivity contribution in [2.24, 2.45) is 5.92 Å². The molecule has 1 N–H and O–H groups in total. The van der Waals surface area contributed by atoms with Crippen molar-refractivity contribution in [3.05, 3.63) is 94.8 Å². The lowest BCUT2D eigenvalue weighted by atomic mass is 9.91. The molecule has 3 amide bonds. The monoisotopic (exact) mass is 609 g/mol. The Morgan fingerprint density at radius 3 is 2.43 bits per heavy atom. The van der Waals surface area contributed by atoms with Gasteiger partial charge in [0.25, 0.3) is 5.91 Å². The lowest BCUT2D eigenvalue weighted by Gasteiger charge is -2.37. The maximum Gasteiger partial charge on any atom is 0.257 e. The van der Waals surface area contributed by atoms with Crippen molar-refractivity contribution in [3.8, 4) is 11.5 Å². The van der Waals surface area contributed by atoms with Crippen molar-refractivity contribution in [3.63, 3.8) is 0 Å². The number of likely N-dealkylation sites (tertiary alicyclic amines) is 2. The Balaban J connectivity index is 1.33. The first-order valence-electron chi connectivity index (χ1n) is 14.5. The van der Waals surface area contributed by atoms with Gasteiger partial charge in [-0.15, -0.1) is 0 Å².